The third-order valence-corrected chi connectivity index (χ3v) is 6.97. The smallest absolute Gasteiger partial charge is 0.125 e. The second kappa shape index (κ2) is 11.7. The van der Waals surface area contributed by atoms with Crippen LogP contribution in [-0.4, -0.2) is 65.3 Å². The van der Waals surface area contributed by atoms with Crippen LogP contribution in [0.25, 0.3) is 0 Å². The molecule has 1 aliphatic rings. The SMILES string of the molecule is COc1ccc(OC)c(C2N(Cc3ccc(N(C)C)cc3)CCCN2Cc2ccc(N(C)C)cc2)c1. The molecule has 3 aromatic carbocycles. The lowest BCUT2D eigenvalue weighted by Crippen LogP contribution is -2.47. The van der Waals surface area contributed by atoms with E-state index in [1.807, 2.05) is 12.1 Å². The number of methoxy groups -OCH3 is 2. The van der Waals surface area contributed by atoms with Gasteiger partial charge in [0.2, 0.25) is 0 Å². The normalized spacial score (nSPS) is 15.1. The van der Waals surface area contributed by atoms with Gasteiger partial charge in [-0.05, 0) is 60.0 Å². The van der Waals surface area contributed by atoms with Crippen molar-refractivity contribution in [3.8, 4) is 11.5 Å². The lowest BCUT2D eigenvalue weighted by molar-refractivity contribution is -0.0104. The molecule has 0 aliphatic carbocycles. The maximum Gasteiger partial charge on any atom is 0.125 e. The fourth-order valence-corrected chi connectivity index (χ4v) is 4.99. The Morgan fingerprint density at radius 3 is 1.61 bits per heavy atom. The number of rotatable bonds is 9. The molecule has 0 bridgehead atoms. The molecule has 0 radical (unpaired) electrons. The van der Waals surface area contributed by atoms with Crippen LogP contribution in [-0.2, 0) is 13.1 Å². The molecule has 0 unspecified atom stereocenters. The van der Waals surface area contributed by atoms with Crippen molar-refractivity contribution in [2.45, 2.75) is 25.7 Å². The Labute approximate surface area is 216 Å². The Hall–Kier alpha value is -3.22. The molecule has 0 atom stereocenters. The molecule has 36 heavy (non-hydrogen) atoms. The molecule has 192 valence electrons. The predicted octanol–water partition coefficient (Wildman–Crippen LogP) is 5.24. The first-order valence-corrected chi connectivity index (χ1v) is 12.6. The average molecular weight is 489 g/mol. The van der Waals surface area contributed by atoms with E-state index in [1.165, 1.54) is 22.5 Å². The molecule has 3 aromatic rings. The van der Waals surface area contributed by atoms with Gasteiger partial charge in [-0.25, -0.2) is 0 Å². The van der Waals surface area contributed by atoms with E-state index in [0.29, 0.717) is 0 Å². The van der Waals surface area contributed by atoms with Crippen LogP contribution in [0.5, 0.6) is 11.5 Å². The molecule has 1 saturated heterocycles. The van der Waals surface area contributed by atoms with E-state index in [1.54, 1.807) is 14.2 Å². The average Bonchev–Trinajstić information content (AvgIpc) is 2.89. The Morgan fingerprint density at radius 2 is 1.19 bits per heavy atom. The predicted molar refractivity (Wildman–Crippen MR) is 149 cm³/mol. The van der Waals surface area contributed by atoms with Crippen LogP contribution >= 0.6 is 0 Å². The summed E-state index contributed by atoms with van der Waals surface area (Å²) in [6, 6.07) is 23.9. The Kier molecular flexibility index (Phi) is 8.39. The molecule has 0 spiro atoms. The van der Waals surface area contributed by atoms with Gasteiger partial charge in [-0.3, -0.25) is 9.80 Å². The van der Waals surface area contributed by atoms with Crippen LogP contribution in [0.15, 0.2) is 66.7 Å². The summed E-state index contributed by atoms with van der Waals surface area (Å²) in [6.45, 7) is 3.79. The second-order valence-corrected chi connectivity index (χ2v) is 9.90. The fraction of sp³-hybridized carbons (Fsp3) is 0.400. The fourth-order valence-electron chi connectivity index (χ4n) is 4.99. The molecule has 0 aromatic heterocycles. The van der Waals surface area contributed by atoms with E-state index in [4.69, 9.17) is 9.47 Å². The lowest BCUT2D eigenvalue weighted by Gasteiger charge is -2.45. The van der Waals surface area contributed by atoms with Gasteiger partial charge in [-0.2, -0.15) is 0 Å². The summed E-state index contributed by atoms with van der Waals surface area (Å²) in [5.74, 6) is 1.74. The maximum absolute atomic E-state index is 5.86. The summed E-state index contributed by atoms with van der Waals surface area (Å²) in [4.78, 5) is 9.41. The first kappa shape index (κ1) is 25.9. The van der Waals surface area contributed by atoms with Crippen LogP contribution in [0.1, 0.15) is 29.3 Å². The van der Waals surface area contributed by atoms with E-state index in [2.05, 4.69) is 102 Å². The molecular formula is C30H40N4O2. The van der Waals surface area contributed by atoms with Crippen molar-refractivity contribution >= 4 is 11.4 Å². The summed E-state index contributed by atoms with van der Waals surface area (Å²) < 4.78 is 11.5. The second-order valence-electron chi connectivity index (χ2n) is 9.90. The highest BCUT2D eigenvalue weighted by Crippen LogP contribution is 2.38. The van der Waals surface area contributed by atoms with Gasteiger partial charge in [0.15, 0.2) is 0 Å². The van der Waals surface area contributed by atoms with Crippen molar-refractivity contribution in [2.75, 3.05) is 65.3 Å². The molecule has 0 amide bonds. The van der Waals surface area contributed by atoms with Crippen LogP contribution in [0.2, 0.25) is 0 Å². The summed E-state index contributed by atoms with van der Waals surface area (Å²) >= 11 is 0. The summed E-state index contributed by atoms with van der Waals surface area (Å²) in [6.07, 6.45) is 1.19. The van der Waals surface area contributed by atoms with Crippen molar-refractivity contribution in [3.63, 3.8) is 0 Å². The third-order valence-electron chi connectivity index (χ3n) is 6.97. The van der Waals surface area contributed by atoms with Crippen molar-refractivity contribution in [2.24, 2.45) is 0 Å². The zero-order valence-corrected chi connectivity index (χ0v) is 22.6. The largest absolute Gasteiger partial charge is 0.497 e. The van der Waals surface area contributed by atoms with Gasteiger partial charge in [-0.1, -0.05) is 24.3 Å². The summed E-state index contributed by atoms with van der Waals surface area (Å²) in [5, 5.41) is 0. The Bertz CT molecular complexity index is 1050. The van der Waals surface area contributed by atoms with E-state index >= 15 is 0 Å². The molecule has 0 saturated carbocycles. The van der Waals surface area contributed by atoms with Gasteiger partial charge in [0.25, 0.3) is 0 Å². The van der Waals surface area contributed by atoms with Crippen LogP contribution < -0.4 is 19.3 Å². The minimum atomic E-state index is 0.0749. The maximum atomic E-state index is 5.86. The quantitative estimate of drug-likeness (QED) is 0.409. The number of benzene rings is 3. The molecule has 6 nitrogen and oxygen atoms in total. The van der Waals surface area contributed by atoms with E-state index in [-0.39, 0.29) is 6.17 Å². The minimum absolute atomic E-state index is 0.0749. The highest BCUT2D eigenvalue weighted by Gasteiger charge is 2.33. The molecular weight excluding hydrogens is 448 g/mol. The number of anilines is 2. The van der Waals surface area contributed by atoms with Crippen LogP contribution in [0.4, 0.5) is 11.4 Å². The minimum Gasteiger partial charge on any atom is -0.497 e. The third kappa shape index (κ3) is 5.94. The number of hydrogen-bond acceptors (Lipinski definition) is 6. The van der Waals surface area contributed by atoms with E-state index in [0.717, 1.165) is 49.7 Å². The molecule has 6 heteroatoms. The van der Waals surface area contributed by atoms with Gasteiger partial charge < -0.3 is 19.3 Å². The zero-order chi connectivity index (χ0) is 25.7. The van der Waals surface area contributed by atoms with Gasteiger partial charge >= 0.3 is 0 Å². The van der Waals surface area contributed by atoms with Gasteiger partial charge in [0.1, 0.15) is 11.5 Å². The molecule has 0 N–H and O–H groups in total. The van der Waals surface area contributed by atoms with E-state index in [9.17, 15) is 0 Å². The van der Waals surface area contributed by atoms with Crippen LogP contribution in [0.3, 0.4) is 0 Å². The summed E-state index contributed by atoms with van der Waals surface area (Å²) in [5.41, 5.74) is 6.19. The number of nitrogens with zero attached hydrogens (tertiary/aromatic N) is 4. The van der Waals surface area contributed by atoms with Gasteiger partial charge in [0, 0.05) is 71.3 Å². The summed E-state index contributed by atoms with van der Waals surface area (Å²) in [7, 11) is 11.8. The molecule has 1 heterocycles. The van der Waals surface area contributed by atoms with Gasteiger partial charge in [-0.15, -0.1) is 0 Å². The highest BCUT2D eigenvalue weighted by molar-refractivity contribution is 5.47. The first-order valence-electron chi connectivity index (χ1n) is 12.6. The number of hydrogen-bond donors (Lipinski definition) is 0. The first-order chi connectivity index (χ1) is 17.4. The molecule has 1 aliphatic heterocycles. The highest BCUT2D eigenvalue weighted by atomic mass is 16.5. The molecule has 4 rings (SSSR count). The van der Waals surface area contributed by atoms with Crippen molar-refractivity contribution < 1.29 is 9.47 Å². The lowest BCUT2D eigenvalue weighted by atomic mass is 10.0. The Balaban J connectivity index is 1.68. The van der Waals surface area contributed by atoms with Crippen LogP contribution in [0, 0.1) is 0 Å². The van der Waals surface area contributed by atoms with Crippen molar-refractivity contribution in [1.82, 2.24) is 9.80 Å². The van der Waals surface area contributed by atoms with Crippen molar-refractivity contribution in [1.29, 1.82) is 0 Å². The van der Waals surface area contributed by atoms with Crippen molar-refractivity contribution in [3.05, 3.63) is 83.4 Å². The topological polar surface area (TPSA) is 31.4 Å². The zero-order valence-electron chi connectivity index (χ0n) is 22.6. The standard InChI is InChI=1S/C30H40N4O2/c1-31(2)25-12-8-23(9-13-25)21-33-18-7-19-34(22-24-10-14-26(15-11-24)32(3)4)30(33)28-20-27(35-5)16-17-29(28)36-6/h8-17,20,30H,7,18-19,21-22H2,1-6H3. The molecule has 1 fully saturated rings. The number of ether oxygens (including phenoxy) is 2. The Morgan fingerprint density at radius 1 is 0.694 bits per heavy atom. The monoisotopic (exact) mass is 488 g/mol. The van der Waals surface area contributed by atoms with Gasteiger partial charge in [0.05, 0.1) is 20.4 Å². The van der Waals surface area contributed by atoms with E-state index < -0.39 is 0 Å².